The second-order valence-electron chi connectivity index (χ2n) is 5.90. The standard InChI is InChI=1S/C15H24N2O/c1-12-5-7-13(8-6-12)17-14(18)11-16-10-9-15(2,3)4/h5-8,16H,9-11H2,1-4H3,(H,17,18). The molecule has 1 aromatic carbocycles. The van der Waals surface area contributed by atoms with Gasteiger partial charge in [-0.1, -0.05) is 38.5 Å². The SMILES string of the molecule is Cc1ccc(NC(=O)CNCCC(C)(C)C)cc1. The van der Waals surface area contributed by atoms with Gasteiger partial charge in [0.2, 0.25) is 5.91 Å². The highest BCUT2D eigenvalue weighted by Crippen LogP contribution is 2.16. The number of nitrogens with one attached hydrogen (secondary N) is 2. The van der Waals surface area contributed by atoms with Crippen LogP contribution in [0, 0.1) is 12.3 Å². The maximum atomic E-state index is 11.6. The fraction of sp³-hybridized carbons (Fsp3) is 0.533. The van der Waals surface area contributed by atoms with Crippen molar-refractivity contribution in [3.05, 3.63) is 29.8 Å². The van der Waals surface area contributed by atoms with Crippen molar-refractivity contribution in [2.45, 2.75) is 34.1 Å². The Morgan fingerprint density at radius 2 is 1.78 bits per heavy atom. The van der Waals surface area contributed by atoms with Crippen LogP contribution in [-0.4, -0.2) is 19.0 Å². The zero-order chi connectivity index (χ0) is 13.6. The van der Waals surface area contributed by atoms with Crippen LogP contribution < -0.4 is 10.6 Å². The van der Waals surface area contributed by atoms with Crippen molar-refractivity contribution in [2.75, 3.05) is 18.4 Å². The number of carbonyl (C=O) groups excluding carboxylic acids is 1. The van der Waals surface area contributed by atoms with Crippen LogP contribution >= 0.6 is 0 Å². The minimum absolute atomic E-state index is 0.00719. The fourth-order valence-electron chi connectivity index (χ4n) is 1.51. The number of rotatable bonds is 5. The Kier molecular flexibility index (Phi) is 5.35. The maximum Gasteiger partial charge on any atom is 0.238 e. The Balaban J connectivity index is 2.24. The van der Waals surface area contributed by atoms with E-state index in [0.717, 1.165) is 18.7 Å². The average molecular weight is 248 g/mol. The highest BCUT2D eigenvalue weighted by Gasteiger charge is 2.09. The molecule has 0 saturated heterocycles. The summed E-state index contributed by atoms with van der Waals surface area (Å²) in [7, 11) is 0. The minimum atomic E-state index is 0.00719. The summed E-state index contributed by atoms with van der Waals surface area (Å²) in [6.07, 6.45) is 1.06. The summed E-state index contributed by atoms with van der Waals surface area (Å²) in [6, 6.07) is 7.82. The van der Waals surface area contributed by atoms with Crippen molar-refractivity contribution in [1.82, 2.24) is 5.32 Å². The van der Waals surface area contributed by atoms with E-state index in [1.165, 1.54) is 5.56 Å². The minimum Gasteiger partial charge on any atom is -0.325 e. The lowest BCUT2D eigenvalue weighted by molar-refractivity contribution is -0.115. The third-order valence-corrected chi connectivity index (χ3v) is 2.67. The summed E-state index contributed by atoms with van der Waals surface area (Å²) in [5.74, 6) is 0.00719. The maximum absolute atomic E-state index is 11.6. The number of aryl methyl sites for hydroxylation is 1. The van der Waals surface area contributed by atoms with Gasteiger partial charge in [0.1, 0.15) is 0 Å². The number of carbonyl (C=O) groups is 1. The molecule has 3 heteroatoms. The molecule has 0 radical (unpaired) electrons. The lowest BCUT2D eigenvalue weighted by Crippen LogP contribution is -2.30. The molecule has 0 saturated carbocycles. The van der Waals surface area contributed by atoms with E-state index in [9.17, 15) is 4.79 Å². The molecule has 2 N–H and O–H groups in total. The summed E-state index contributed by atoms with van der Waals surface area (Å²) in [5.41, 5.74) is 2.35. The number of amides is 1. The summed E-state index contributed by atoms with van der Waals surface area (Å²) >= 11 is 0. The zero-order valence-corrected chi connectivity index (χ0v) is 11.8. The van der Waals surface area contributed by atoms with Gasteiger partial charge in [-0.3, -0.25) is 4.79 Å². The number of hydrogen-bond acceptors (Lipinski definition) is 2. The van der Waals surface area contributed by atoms with E-state index >= 15 is 0 Å². The molecule has 0 heterocycles. The normalized spacial score (nSPS) is 11.3. The molecule has 0 aliphatic rings. The molecule has 1 amide bonds. The van der Waals surface area contributed by atoms with Crippen molar-refractivity contribution in [3.63, 3.8) is 0 Å². The van der Waals surface area contributed by atoms with E-state index in [4.69, 9.17) is 0 Å². The van der Waals surface area contributed by atoms with Gasteiger partial charge >= 0.3 is 0 Å². The van der Waals surface area contributed by atoms with E-state index in [0.29, 0.717) is 12.0 Å². The predicted octanol–water partition coefficient (Wildman–Crippen LogP) is 2.96. The van der Waals surface area contributed by atoms with Gasteiger partial charge in [-0.2, -0.15) is 0 Å². The molecule has 0 spiro atoms. The van der Waals surface area contributed by atoms with Crippen LogP contribution in [0.15, 0.2) is 24.3 Å². The number of hydrogen-bond donors (Lipinski definition) is 2. The van der Waals surface area contributed by atoms with E-state index in [1.54, 1.807) is 0 Å². The molecule has 1 rings (SSSR count). The summed E-state index contributed by atoms with van der Waals surface area (Å²) in [5, 5.41) is 6.03. The summed E-state index contributed by atoms with van der Waals surface area (Å²) in [6.45, 7) is 9.84. The fourth-order valence-corrected chi connectivity index (χ4v) is 1.51. The Labute approximate surface area is 110 Å². The number of anilines is 1. The Bertz CT molecular complexity index is 376. The van der Waals surface area contributed by atoms with Crippen molar-refractivity contribution in [2.24, 2.45) is 5.41 Å². The Hall–Kier alpha value is -1.35. The van der Waals surface area contributed by atoms with Crippen molar-refractivity contribution < 1.29 is 4.79 Å². The zero-order valence-electron chi connectivity index (χ0n) is 11.8. The van der Waals surface area contributed by atoms with E-state index in [2.05, 4.69) is 31.4 Å². The summed E-state index contributed by atoms with van der Waals surface area (Å²) in [4.78, 5) is 11.6. The lowest BCUT2D eigenvalue weighted by atomic mass is 9.92. The third kappa shape index (κ3) is 6.40. The first-order valence-corrected chi connectivity index (χ1v) is 6.44. The van der Waals surface area contributed by atoms with Gasteiger partial charge in [0.15, 0.2) is 0 Å². The largest absolute Gasteiger partial charge is 0.325 e. The van der Waals surface area contributed by atoms with Gasteiger partial charge < -0.3 is 10.6 Å². The van der Waals surface area contributed by atoms with Crippen LogP contribution in [-0.2, 0) is 4.79 Å². The second-order valence-corrected chi connectivity index (χ2v) is 5.90. The summed E-state index contributed by atoms with van der Waals surface area (Å²) < 4.78 is 0. The molecule has 100 valence electrons. The first-order valence-electron chi connectivity index (χ1n) is 6.44. The molecule has 0 aliphatic carbocycles. The molecule has 0 unspecified atom stereocenters. The Morgan fingerprint density at radius 1 is 1.17 bits per heavy atom. The molecule has 0 aliphatic heterocycles. The van der Waals surface area contributed by atoms with Crippen LogP contribution in [0.25, 0.3) is 0 Å². The first-order chi connectivity index (χ1) is 8.37. The first kappa shape index (κ1) is 14.7. The predicted molar refractivity (Wildman–Crippen MR) is 76.8 cm³/mol. The highest BCUT2D eigenvalue weighted by molar-refractivity contribution is 5.92. The van der Waals surface area contributed by atoms with E-state index in [1.807, 2.05) is 31.2 Å². The third-order valence-electron chi connectivity index (χ3n) is 2.67. The molecular weight excluding hydrogens is 224 g/mol. The van der Waals surface area contributed by atoms with Crippen LogP contribution in [0.4, 0.5) is 5.69 Å². The molecule has 0 fully saturated rings. The van der Waals surface area contributed by atoms with Gasteiger partial charge in [0.05, 0.1) is 6.54 Å². The van der Waals surface area contributed by atoms with Crippen molar-refractivity contribution in [1.29, 1.82) is 0 Å². The smallest absolute Gasteiger partial charge is 0.238 e. The Morgan fingerprint density at radius 3 is 2.33 bits per heavy atom. The quantitative estimate of drug-likeness (QED) is 0.787. The van der Waals surface area contributed by atoms with Crippen LogP contribution in [0.3, 0.4) is 0 Å². The van der Waals surface area contributed by atoms with Crippen molar-refractivity contribution >= 4 is 11.6 Å². The van der Waals surface area contributed by atoms with Gasteiger partial charge in [0.25, 0.3) is 0 Å². The van der Waals surface area contributed by atoms with Gasteiger partial charge in [-0.25, -0.2) is 0 Å². The van der Waals surface area contributed by atoms with Gasteiger partial charge in [-0.05, 0) is 37.4 Å². The van der Waals surface area contributed by atoms with Crippen LogP contribution in [0.2, 0.25) is 0 Å². The van der Waals surface area contributed by atoms with E-state index < -0.39 is 0 Å². The molecule has 18 heavy (non-hydrogen) atoms. The van der Waals surface area contributed by atoms with Crippen LogP contribution in [0.5, 0.6) is 0 Å². The molecule has 0 atom stereocenters. The lowest BCUT2D eigenvalue weighted by Gasteiger charge is -2.17. The second kappa shape index (κ2) is 6.55. The van der Waals surface area contributed by atoms with Gasteiger partial charge in [0, 0.05) is 5.69 Å². The number of benzene rings is 1. The monoisotopic (exact) mass is 248 g/mol. The highest BCUT2D eigenvalue weighted by atomic mass is 16.1. The molecule has 1 aromatic rings. The van der Waals surface area contributed by atoms with E-state index in [-0.39, 0.29) is 5.91 Å². The van der Waals surface area contributed by atoms with Crippen LogP contribution in [0.1, 0.15) is 32.8 Å². The van der Waals surface area contributed by atoms with Gasteiger partial charge in [-0.15, -0.1) is 0 Å². The molecule has 0 aromatic heterocycles. The molecular formula is C15H24N2O. The average Bonchev–Trinajstić information content (AvgIpc) is 2.26. The van der Waals surface area contributed by atoms with Crippen molar-refractivity contribution in [3.8, 4) is 0 Å². The molecule has 3 nitrogen and oxygen atoms in total. The topological polar surface area (TPSA) is 41.1 Å². The molecule has 0 bridgehead atoms.